The molecule has 3 rings (SSSR count). The average molecular weight is 451 g/mol. The zero-order valence-electron chi connectivity index (χ0n) is 16.6. The fourth-order valence-corrected chi connectivity index (χ4v) is 3.43. The maximum atomic E-state index is 13.3. The maximum absolute atomic E-state index is 13.3. The number of likely N-dealkylation sites (N-methyl/N-ethyl adjacent to an activating group) is 1. The Morgan fingerprint density at radius 1 is 0.968 bits per heavy atom. The topological polar surface area (TPSA) is 21.7 Å². The molecule has 0 bridgehead atoms. The number of hydrogen-bond acceptors (Lipinski definition) is 3. The highest BCUT2D eigenvalue weighted by Crippen LogP contribution is 2.39. The molecule has 10 heteroatoms. The number of ether oxygens (including phenoxy) is 2. The first-order valence-electron chi connectivity index (χ1n) is 9.38. The lowest BCUT2D eigenvalue weighted by Gasteiger charge is -2.40. The molecule has 0 amide bonds. The van der Waals surface area contributed by atoms with Crippen LogP contribution in [0.15, 0.2) is 42.5 Å². The summed E-state index contributed by atoms with van der Waals surface area (Å²) in [6.45, 7) is 2.12. The average Bonchev–Trinajstić information content (AvgIpc) is 2.67. The minimum Gasteiger partial charge on any atom is -0.349 e. The molecule has 0 saturated carbocycles. The van der Waals surface area contributed by atoms with Crippen LogP contribution in [0.4, 0.5) is 30.7 Å². The third-order valence-corrected chi connectivity index (χ3v) is 5.09. The van der Waals surface area contributed by atoms with E-state index in [2.05, 4.69) is 0 Å². The second kappa shape index (κ2) is 8.76. The van der Waals surface area contributed by atoms with Crippen LogP contribution in [0.5, 0.6) is 0 Å². The number of nitrogens with zero attached hydrogens (tertiary/aromatic N) is 1. The van der Waals surface area contributed by atoms with Crippen molar-refractivity contribution in [3.63, 3.8) is 0 Å². The van der Waals surface area contributed by atoms with Gasteiger partial charge >= 0.3 is 12.4 Å². The quantitative estimate of drug-likeness (QED) is 0.535. The van der Waals surface area contributed by atoms with Crippen LogP contribution in [-0.4, -0.2) is 31.4 Å². The van der Waals surface area contributed by atoms with Gasteiger partial charge in [0.15, 0.2) is 6.29 Å². The first kappa shape index (κ1) is 23.5. The van der Waals surface area contributed by atoms with Gasteiger partial charge < -0.3 is 9.47 Å². The van der Waals surface area contributed by atoms with E-state index in [1.165, 1.54) is 31.2 Å². The van der Waals surface area contributed by atoms with Gasteiger partial charge in [-0.25, -0.2) is 4.39 Å². The number of benzene rings is 2. The van der Waals surface area contributed by atoms with E-state index >= 15 is 0 Å². The van der Waals surface area contributed by atoms with E-state index in [4.69, 9.17) is 9.47 Å². The summed E-state index contributed by atoms with van der Waals surface area (Å²) in [7, 11) is 1.77. The number of morpholine rings is 1. The summed E-state index contributed by atoms with van der Waals surface area (Å²) in [6, 6.07) is 6.38. The second-order valence-corrected chi connectivity index (χ2v) is 7.33. The molecule has 3 nitrogen and oxygen atoms in total. The molecule has 170 valence electrons. The Bertz CT molecular complexity index is 864. The molecule has 1 unspecified atom stereocenters. The third kappa shape index (κ3) is 5.55. The molecule has 2 aromatic rings. The fourth-order valence-electron chi connectivity index (χ4n) is 3.43. The number of alkyl halides is 6. The molecule has 3 atom stereocenters. The molecule has 0 aliphatic carbocycles. The first-order valence-corrected chi connectivity index (χ1v) is 9.38. The van der Waals surface area contributed by atoms with Crippen LogP contribution in [-0.2, 0) is 21.8 Å². The van der Waals surface area contributed by atoms with Crippen molar-refractivity contribution in [1.29, 1.82) is 0 Å². The lowest BCUT2D eigenvalue weighted by atomic mass is 10.0. The van der Waals surface area contributed by atoms with Crippen LogP contribution in [0.3, 0.4) is 0 Å². The summed E-state index contributed by atoms with van der Waals surface area (Å²) in [5.41, 5.74) is -2.47. The van der Waals surface area contributed by atoms with E-state index in [0.29, 0.717) is 24.2 Å². The highest BCUT2D eigenvalue weighted by Gasteiger charge is 2.38. The van der Waals surface area contributed by atoms with Gasteiger partial charge in [-0.1, -0.05) is 12.1 Å². The smallest absolute Gasteiger partial charge is 0.349 e. The van der Waals surface area contributed by atoms with Gasteiger partial charge in [-0.05, 0) is 55.4 Å². The van der Waals surface area contributed by atoms with Crippen LogP contribution >= 0.6 is 0 Å². The van der Waals surface area contributed by atoms with Gasteiger partial charge in [0.25, 0.3) is 0 Å². The fraction of sp³-hybridized carbons (Fsp3) is 0.429. The van der Waals surface area contributed by atoms with Crippen LogP contribution < -0.4 is 0 Å². The molecule has 1 heterocycles. The lowest BCUT2D eigenvalue weighted by Crippen LogP contribution is -2.44. The predicted octanol–water partition coefficient (Wildman–Crippen LogP) is 5.97. The highest BCUT2D eigenvalue weighted by atomic mass is 19.4. The lowest BCUT2D eigenvalue weighted by molar-refractivity contribution is -0.226. The van der Waals surface area contributed by atoms with Gasteiger partial charge in [0.05, 0.1) is 29.9 Å². The Hall–Kier alpha value is -2.17. The normalized spacial score (nSPS) is 21.8. The molecule has 2 aromatic carbocycles. The molecular formula is C21H20F7NO2. The van der Waals surface area contributed by atoms with Crippen molar-refractivity contribution < 1.29 is 40.2 Å². The molecule has 0 spiro atoms. The highest BCUT2D eigenvalue weighted by molar-refractivity contribution is 5.34. The minimum absolute atomic E-state index is 0.0719. The van der Waals surface area contributed by atoms with Crippen molar-refractivity contribution in [3.8, 4) is 0 Å². The van der Waals surface area contributed by atoms with Gasteiger partial charge in [0.2, 0.25) is 0 Å². The van der Waals surface area contributed by atoms with E-state index in [9.17, 15) is 30.7 Å². The van der Waals surface area contributed by atoms with E-state index < -0.39 is 47.7 Å². The molecule has 0 aromatic heterocycles. The van der Waals surface area contributed by atoms with Gasteiger partial charge in [-0.3, -0.25) is 4.90 Å². The number of halogens is 7. The summed E-state index contributed by atoms with van der Waals surface area (Å²) >= 11 is 0. The third-order valence-electron chi connectivity index (χ3n) is 5.09. The maximum Gasteiger partial charge on any atom is 0.416 e. The van der Waals surface area contributed by atoms with Crippen molar-refractivity contribution in [2.45, 2.75) is 37.7 Å². The Morgan fingerprint density at radius 2 is 1.52 bits per heavy atom. The zero-order chi connectivity index (χ0) is 23.0. The van der Waals surface area contributed by atoms with E-state index in [-0.39, 0.29) is 18.2 Å². The molecule has 1 fully saturated rings. The van der Waals surface area contributed by atoms with Gasteiger partial charge in [-0.2, -0.15) is 26.3 Å². The molecular weight excluding hydrogens is 431 g/mol. The molecule has 0 radical (unpaired) electrons. The SMILES string of the molecule is C[C@@H](O[C@H]1OCCN(C)C1c1ccc(F)cc1)c1cc(C(F)(F)F)cc(C(F)(F)F)c1. The van der Waals surface area contributed by atoms with Crippen LogP contribution in [0.25, 0.3) is 0 Å². The van der Waals surface area contributed by atoms with Crippen LogP contribution in [0.2, 0.25) is 0 Å². The predicted molar refractivity (Wildman–Crippen MR) is 97.5 cm³/mol. The Balaban J connectivity index is 1.91. The summed E-state index contributed by atoms with van der Waals surface area (Å²) in [6.07, 6.45) is -12.0. The monoisotopic (exact) mass is 451 g/mol. The van der Waals surface area contributed by atoms with Crippen molar-refractivity contribution in [2.75, 3.05) is 20.2 Å². The van der Waals surface area contributed by atoms with Crippen LogP contribution in [0.1, 0.15) is 41.3 Å². The Kier molecular flexibility index (Phi) is 6.64. The van der Waals surface area contributed by atoms with E-state index in [1.54, 1.807) is 7.05 Å². The van der Waals surface area contributed by atoms with Crippen LogP contribution in [0, 0.1) is 5.82 Å². The molecule has 31 heavy (non-hydrogen) atoms. The Morgan fingerprint density at radius 3 is 2.03 bits per heavy atom. The number of rotatable bonds is 4. The van der Waals surface area contributed by atoms with Crippen molar-refractivity contribution in [3.05, 3.63) is 70.5 Å². The number of hydrogen-bond donors (Lipinski definition) is 0. The van der Waals surface area contributed by atoms with E-state index in [0.717, 1.165) is 0 Å². The summed E-state index contributed by atoms with van der Waals surface area (Å²) in [5.74, 6) is -0.447. The molecule has 1 aliphatic heterocycles. The summed E-state index contributed by atoms with van der Waals surface area (Å²) < 4.78 is 104. The minimum atomic E-state index is -4.95. The summed E-state index contributed by atoms with van der Waals surface area (Å²) in [4.78, 5) is 1.86. The zero-order valence-corrected chi connectivity index (χ0v) is 16.6. The van der Waals surface area contributed by atoms with Gasteiger partial charge in [0.1, 0.15) is 5.82 Å². The van der Waals surface area contributed by atoms with Gasteiger partial charge in [-0.15, -0.1) is 0 Å². The van der Waals surface area contributed by atoms with Gasteiger partial charge in [0, 0.05) is 6.54 Å². The molecule has 0 N–H and O–H groups in total. The second-order valence-electron chi connectivity index (χ2n) is 7.33. The van der Waals surface area contributed by atoms with Crippen molar-refractivity contribution in [1.82, 2.24) is 4.90 Å². The standard InChI is InChI=1S/C21H20F7NO2/c1-12(14-9-15(20(23,24)25)11-16(10-14)21(26,27)28)31-19-18(29(2)7-8-30-19)13-3-5-17(22)6-4-13/h3-6,9-12,18-19H,7-8H2,1-2H3/t12-,18?,19-/m1/s1. The van der Waals surface area contributed by atoms with Crippen molar-refractivity contribution in [2.24, 2.45) is 0 Å². The molecule has 1 saturated heterocycles. The first-order chi connectivity index (χ1) is 14.4. The Labute approximate surface area is 174 Å². The molecule has 1 aliphatic rings. The largest absolute Gasteiger partial charge is 0.416 e. The van der Waals surface area contributed by atoms with E-state index in [1.807, 2.05) is 4.90 Å². The van der Waals surface area contributed by atoms with Crippen molar-refractivity contribution >= 4 is 0 Å². The summed E-state index contributed by atoms with van der Waals surface area (Å²) in [5, 5.41) is 0.